The van der Waals surface area contributed by atoms with Gasteiger partial charge in [0.25, 0.3) is 0 Å². The second-order valence-corrected chi connectivity index (χ2v) is 7.80. The first kappa shape index (κ1) is 20.4. The van der Waals surface area contributed by atoms with Crippen molar-refractivity contribution in [2.45, 2.75) is 39.7 Å². The maximum Gasteiger partial charge on any atom is 0.234 e. The highest BCUT2D eigenvalue weighted by Gasteiger charge is 2.21. The Hall–Kier alpha value is -2.33. The summed E-state index contributed by atoms with van der Waals surface area (Å²) >= 11 is 0. The first-order chi connectivity index (χ1) is 13.6. The molecule has 1 N–H and O–H groups in total. The number of rotatable bonds is 7. The third kappa shape index (κ3) is 5.14. The van der Waals surface area contributed by atoms with Gasteiger partial charge in [0.15, 0.2) is 0 Å². The molecule has 0 radical (unpaired) electrons. The molecule has 0 spiro atoms. The Morgan fingerprint density at radius 1 is 1.00 bits per heavy atom. The van der Waals surface area contributed by atoms with E-state index in [2.05, 4.69) is 66.2 Å². The molecule has 4 nitrogen and oxygen atoms in total. The molecule has 0 bridgehead atoms. The standard InChI is InChI=1S/C24H33N3O/c1-4-9-22(21-11-6-5-7-12-21)25-24(28)18-26-14-16-27(17-15-26)23-13-8-10-19(2)20(23)3/h5-8,10-13,22H,4,9,14-18H2,1-3H3,(H,25,28)/t22-/m0/s1. The molecule has 150 valence electrons. The molecule has 0 saturated carbocycles. The largest absolute Gasteiger partial charge is 0.369 e. The van der Waals surface area contributed by atoms with Gasteiger partial charge in [-0.2, -0.15) is 0 Å². The van der Waals surface area contributed by atoms with Crippen LogP contribution in [0.2, 0.25) is 0 Å². The summed E-state index contributed by atoms with van der Waals surface area (Å²) in [5.41, 5.74) is 5.22. The molecule has 1 aliphatic heterocycles. The van der Waals surface area contributed by atoms with Gasteiger partial charge in [0, 0.05) is 31.9 Å². The number of aryl methyl sites for hydroxylation is 1. The van der Waals surface area contributed by atoms with E-state index in [1.54, 1.807) is 0 Å². The van der Waals surface area contributed by atoms with E-state index >= 15 is 0 Å². The summed E-state index contributed by atoms with van der Waals surface area (Å²) in [7, 11) is 0. The number of nitrogens with one attached hydrogen (secondary N) is 1. The number of hydrogen-bond donors (Lipinski definition) is 1. The van der Waals surface area contributed by atoms with Gasteiger partial charge in [-0.25, -0.2) is 0 Å². The molecule has 1 aliphatic rings. The molecule has 2 aromatic rings. The summed E-state index contributed by atoms with van der Waals surface area (Å²) in [4.78, 5) is 17.4. The van der Waals surface area contributed by atoms with Crippen molar-refractivity contribution >= 4 is 11.6 Å². The Balaban J connectivity index is 1.52. The summed E-state index contributed by atoms with van der Waals surface area (Å²) in [5.74, 6) is 0.127. The lowest BCUT2D eigenvalue weighted by molar-refractivity contribution is -0.123. The molecule has 0 aliphatic carbocycles. The van der Waals surface area contributed by atoms with Gasteiger partial charge in [-0.3, -0.25) is 9.69 Å². The van der Waals surface area contributed by atoms with Crippen molar-refractivity contribution in [3.8, 4) is 0 Å². The zero-order valence-corrected chi connectivity index (χ0v) is 17.4. The zero-order chi connectivity index (χ0) is 19.9. The molecule has 2 aromatic carbocycles. The van der Waals surface area contributed by atoms with E-state index in [0.717, 1.165) is 39.0 Å². The van der Waals surface area contributed by atoms with E-state index in [1.807, 2.05) is 18.2 Å². The van der Waals surface area contributed by atoms with Crippen LogP contribution < -0.4 is 10.2 Å². The first-order valence-electron chi connectivity index (χ1n) is 10.5. The minimum absolute atomic E-state index is 0.106. The van der Waals surface area contributed by atoms with Crippen LogP contribution in [0.5, 0.6) is 0 Å². The molecule has 1 amide bonds. The minimum Gasteiger partial charge on any atom is -0.369 e. The summed E-state index contributed by atoms with van der Waals surface area (Å²) in [6.07, 6.45) is 2.02. The van der Waals surface area contributed by atoms with Crippen LogP contribution in [0.3, 0.4) is 0 Å². The molecular formula is C24H33N3O. The SMILES string of the molecule is CCC[C@H](NC(=O)CN1CCN(c2cccc(C)c2C)CC1)c1ccccc1. The molecule has 1 saturated heterocycles. The van der Waals surface area contributed by atoms with E-state index in [-0.39, 0.29) is 11.9 Å². The van der Waals surface area contributed by atoms with E-state index in [4.69, 9.17) is 0 Å². The highest BCUT2D eigenvalue weighted by molar-refractivity contribution is 5.78. The number of benzene rings is 2. The second-order valence-electron chi connectivity index (χ2n) is 7.80. The lowest BCUT2D eigenvalue weighted by Crippen LogP contribution is -2.50. The van der Waals surface area contributed by atoms with Crippen LogP contribution in [0.25, 0.3) is 0 Å². The van der Waals surface area contributed by atoms with Gasteiger partial charge in [-0.15, -0.1) is 0 Å². The van der Waals surface area contributed by atoms with Crippen molar-refractivity contribution in [2.24, 2.45) is 0 Å². The van der Waals surface area contributed by atoms with Crippen LogP contribution >= 0.6 is 0 Å². The third-order valence-corrected chi connectivity index (χ3v) is 5.77. The minimum atomic E-state index is 0.106. The van der Waals surface area contributed by atoms with Crippen LogP contribution in [0, 0.1) is 13.8 Å². The molecule has 1 atom stereocenters. The average molecular weight is 380 g/mol. The van der Waals surface area contributed by atoms with Crippen molar-refractivity contribution in [1.29, 1.82) is 0 Å². The normalized spacial score (nSPS) is 16.0. The van der Waals surface area contributed by atoms with E-state index < -0.39 is 0 Å². The molecule has 1 fully saturated rings. The van der Waals surface area contributed by atoms with Crippen molar-refractivity contribution in [3.05, 3.63) is 65.2 Å². The Bertz CT molecular complexity index is 767. The van der Waals surface area contributed by atoms with Gasteiger partial charge in [-0.1, -0.05) is 55.8 Å². The first-order valence-corrected chi connectivity index (χ1v) is 10.5. The monoisotopic (exact) mass is 379 g/mol. The van der Waals surface area contributed by atoms with Gasteiger partial charge < -0.3 is 10.2 Å². The van der Waals surface area contributed by atoms with Crippen molar-refractivity contribution in [2.75, 3.05) is 37.6 Å². The Morgan fingerprint density at radius 2 is 1.71 bits per heavy atom. The Morgan fingerprint density at radius 3 is 2.39 bits per heavy atom. The summed E-state index contributed by atoms with van der Waals surface area (Å²) in [6, 6.07) is 16.9. The lowest BCUT2D eigenvalue weighted by atomic mass is 10.0. The van der Waals surface area contributed by atoms with Gasteiger partial charge in [0.1, 0.15) is 0 Å². The van der Waals surface area contributed by atoms with Gasteiger partial charge in [-0.05, 0) is 43.0 Å². The predicted octanol–water partition coefficient (Wildman–Crippen LogP) is 4.08. The van der Waals surface area contributed by atoms with Crippen LogP contribution in [0.4, 0.5) is 5.69 Å². The summed E-state index contributed by atoms with van der Waals surface area (Å²) < 4.78 is 0. The number of carbonyl (C=O) groups excluding carboxylic acids is 1. The van der Waals surface area contributed by atoms with Gasteiger partial charge >= 0.3 is 0 Å². The second kappa shape index (κ2) is 9.74. The van der Waals surface area contributed by atoms with Crippen molar-refractivity contribution in [3.63, 3.8) is 0 Å². The van der Waals surface area contributed by atoms with Crippen molar-refractivity contribution in [1.82, 2.24) is 10.2 Å². The van der Waals surface area contributed by atoms with E-state index in [1.165, 1.54) is 22.4 Å². The highest BCUT2D eigenvalue weighted by atomic mass is 16.2. The van der Waals surface area contributed by atoms with E-state index in [9.17, 15) is 4.79 Å². The topological polar surface area (TPSA) is 35.6 Å². The highest BCUT2D eigenvalue weighted by Crippen LogP contribution is 2.24. The molecule has 3 rings (SSSR count). The van der Waals surface area contributed by atoms with Crippen LogP contribution in [-0.2, 0) is 4.79 Å². The molecule has 0 unspecified atom stereocenters. The molecular weight excluding hydrogens is 346 g/mol. The number of carbonyl (C=O) groups is 1. The maximum atomic E-state index is 12.7. The molecule has 1 heterocycles. The smallest absolute Gasteiger partial charge is 0.234 e. The number of piperazine rings is 1. The van der Waals surface area contributed by atoms with Gasteiger partial charge in [0.2, 0.25) is 5.91 Å². The number of amides is 1. The molecule has 28 heavy (non-hydrogen) atoms. The number of nitrogens with zero attached hydrogens (tertiary/aromatic N) is 2. The van der Waals surface area contributed by atoms with E-state index in [0.29, 0.717) is 6.54 Å². The van der Waals surface area contributed by atoms with Crippen LogP contribution in [0.1, 0.15) is 42.5 Å². The summed E-state index contributed by atoms with van der Waals surface area (Å²) in [5, 5.41) is 3.25. The lowest BCUT2D eigenvalue weighted by Gasteiger charge is -2.37. The fraction of sp³-hybridized carbons (Fsp3) is 0.458. The quantitative estimate of drug-likeness (QED) is 0.787. The Kier molecular flexibility index (Phi) is 7.10. The molecule has 0 aromatic heterocycles. The van der Waals surface area contributed by atoms with Crippen LogP contribution in [0.15, 0.2) is 48.5 Å². The average Bonchev–Trinajstić information content (AvgIpc) is 2.71. The fourth-order valence-corrected chi connectivity index (χ4v) is 3.96. The summed E-state index contributed by atoms with van der Waals surface area (Å²) in [6.45, 7) is 10.8. The Labute approximate surface area is 169 Å². The van der Waals surface area contributed by atoms with Crippen molar-refractivity contribution < 1.29 is 4.79 Å². The predicted molar refractivity (Wildman–Crippen MR) is 117 cm³/mol. The van der Waals surface area contributed by atoms with Gasteiger partial charge in [0.05, 0.1) is 12.6 Å². The third-order valence-electron chi connectivity index (χ3n) is 5.77. The molecule has 4 heteroatoms. The number of hydrogen-bond acceptors (Lipinski definition) is 3. The fourth-order valence-electron chi connectivity index (χ4n) is 3.96. The number of anilines is 1. The van der Waals surface area contributed by atoms with Crippen LogP contribution in [-0.4, -0.2) is 43.5 Å². The maximum absolute atomic E-state index is 12.7. The zero-order valence-electron chi connectivity index (χ0n) is 17.4.